The van der Waals surface area contributed by atoms with Gasteiger partial charge in [-0.05, 0) is 83.5 Å². The number of halogens is 1. The molecule has 0 aliphatic carbocycles. The lowest BCUT2D eigenvalue weighted by atomic mass is 9.80. The number of carbonyl (C=O) groups is 2. The molecule has 0 saturated carbocycles. The highest BCUT2D eigenvalue weighted by molar-refractivity contribution is 9.10. The molecule has 0 radical (unpaired) electrons. The van der Waals surface area contributed by atoms with E-state index in [1.54, 1.807) is 52.2 Å². The summed E-state index contributed by atoms with van der Waals surface area (Å²) in [7, 11) is 2.27. The van der Waals surface area contributed by atoms with E-state index in [0.717, 1.165) is 9.94 Å². The van der Waals surface area contributed by atoms with Gasteiger partial charge >= 0.3 is 19.1 Å². The Hall–Kier alpha value is -2.70. The van der Waals surface area contributed by atoms with Crippen molar-refractivity contribution in [3.05, 3.63) is 41.1 Å². The van der Waals surface area contributed by atoms with E-state index in [2.05, 4.69) is 30.6 Å². The van der Waals surface area contributed by atoms with Crippen molar-refractivity contribution < 1.29 is 37.8 Å². The zero-order chi connectivity index (χ0) is 30.4. The minimum atomic E-state index is -0.735. The first-order valence-electron chi connectivity index (χ1n) is 12.8. The topological polar surface area (TPSA) is 115 Å². The van der Waals surface area contributed by atoms with Gasteiger partial charge in [-0.2, -0.15) is 0 Å². The highest BCUT2D eigenvalue weighted by Crippen LogP contribution is 2.36. The summed E-state index contributed by atoms with van der Waals surface area (Å²) < 4.78 is 33.3. The minimum absolute atomic E-state index is 0.183. The van der Waals surface area contributed by atoms with Crippen molar-refractivity contribution in [1.29, 1.82) is 0 Å². The maximum atomic E-state index is 11.6. The number of carbonyl (C=O) groups excluding carboxylic acids is 2. The van der Waals surface area contributed by atoms with Crippen LogP contribution in [0.2, 0.25) is 0 Å². The molecule has 0 bridgehead atoms. The maximum absolute atomic E-state index is 11.6. The van der Waals surface area contributed by atoms with Crippen molar-refractivity contribution in [2.45, 2.75) is 66.6 Å². The first-order chi connectivity index (χ1) is 18.4. The van der Waals surface area contributed by atoms with Crippen molar-refractivity contribution in [3.8, 4) is 11.8 Å². The van der Waals surface area contributed by atoms with Gasteiger partial charge in [-0.1, -0.05) is 6.07 Å². The third-order valence-electron chi connectivity index (χ3n) is 6.62. The van der Waals surface area contributed by atoms with Crippen molar-refractivity contribution in [3.63, 3.8) is 0 Å². The standard InChI is InChI=1S/C17H26BNO5.C11H14BrNO3/c1-15(2,14(20)21-7)11-22-13-9-8-12(10-19-13)18-23-16(3,4)17(5,6)24-18;1-11(2,10(14)15-3)7-16-9-5-4-8(12)6-13-9/h8-10H,11H2,1-7H3;4-6H,7H2,1-3H3. The molecule has 2 aromatic rings. The fourth-order valence-corrected chi connectivity index (χ4v) is 3.46. The fraction of sp³-hybridized carbons (Fsp3) is 0.571. The molecule has 3 heterocycles. The number of pyridine rings is 2. The molecular formula is C28H40BBrN2O8. The number of ether oxygens (including phenoxy) is 4. The normalized spacial score (nSPS) is 15.9. The van der Waals surface area contributed by atoms with Crippen LogP contribution in [0.1, 0.15) is 55.4 Å². The summed E-state index contributed by atoms with van der Waals surface area (Å²) in [4.78, 5) is 31.3. The SMILES string of the molecule is COC(=O)C(C)(C)COc1ccc(B2OC(C)(C)C(C)(C)O2)cn1.COC(=O)C(C)(C)COc1ccc(Br)cn1. The first-order valence-corrected chi connectivity index (χ1v) is 13.6. The van der Waals surface area contributed by atoms with Crippen LogP contribution in [-0.4, -0.2) is 67.7 Å². The van der Waals surface area contributed by atoms with Crippen LogP contribution in [0.25, 0.3) is 0 Å². The monoisotopic (exact) mass is 622 g/mol. The van der Waals surface area contributed by atoms with E-state index in [4.69, 9.17) is 23.5 Å². The summed E-state index contributed by atoms with van der Waals surface area (Å²) in [6.45, 7) is 15.5. The summed E-state index contributed by atoms with van der Waals surface area (Å²) >= 11 is 3.28. The number of hydrogen-bond donors (Lipinski definition) is 0. The van der Waals surface area contributed by atoms with Crippen LogP contribution in [0.15, 0.2) is 41.1 Å². The van der Waals surface area contributed by atoms with E-state index in [1.807, 2.05) is 39.8 Å². The number of methoxy groups -OCH3 is 2. The smallest absolute Gasteiger partial charge is 0.476 e. The molecule has 1 saturated heterocycles. The second-order valence-corrected chi connectivity index (χ2v) is 12.6. The molecule has 40 heavy (non-hydrogen) atoms. The Morgan fingerprint density at radius 3 is 1.57 bits per heavy atom. The van der Waals surface area contributed by atoms with Gasteiger partial charge in [0.15, 0.2) is 0 Å². The Morgan fingerprint density at radius 2 is 1.23 bits per heavy atom. The lowest BCUT2D eigenvalue weighted by molar-refractivity contribution is -0.153. The molecule has 1 fully saturated rings. The molecule has 1 aliphatic rings. The average Bonchev–Trinajstić information content (AvgIpc) is 3.13. The molecule has 12 heteroatoms. The zero-order valence-corrected chi connectivity index (χ0v) is 26.6. The molecule has 0 aromatic carbocycles. The highest BCUT2D eigenvalue weighted by Gasteiger charge is 2.51. The quantitative estimate of drug-likeness (QED) is 0.295. The van der Waals surface area contributed by atoms with E-state index >= 15 is 0 Å². The summed E-state index contributed by atoms with van der Waals surface area (Å²) in [6, 6.07) is 7.16. The molecule has 220 valence electrons. The molecule has 3 rings (SSSR count). The fourth-order valence-electron chi connectivity index (χ4n) is 3.22. The molecule has 0 amide bonds. The van der Waals surface area contributed by atoms with E-state index in [0.29, 0.717) is 11.8 Å². The van der Waals surface area contributed by atoms with Gasteiger partial charge in [0.2, 0.25) is 11.8 Å². The Bertz CT molecular complexity index is 1120. The van der Waals surface area contributed by atoms with Crippen LogP contribution in [-0.2, 0) is 28.4 Å². The second-order valence-electron chi connectivity index (χ2n) is 11.7. The minimum Gasteiger partial charge on any atom is -0.476 e. The van der Waals surface area contributed by atoms with Crippen LogP contribution in [0, 0.1) is 10.8 Å². The molecule has 0 spiro atoms. The Labute approximate surface area is 245 Å². The molecule has 10 nitrogen and oxygen atoms in total. The molecule has 0 N–H and O–H groups in total. The molecule has 0 unspecified atom stereocenters. The number of hydrogen-bond acceptors (Lipinski definition) is 10. The van der Waals surface area contributed by atoms with Crippen molar-refractivity contribution in [1.82, 2.24) is 9.97 Å². The summed E-state index contributed by atoms with van der Waals surface area (Å²) in [5.74, 6) is 0.299. The van der Waals surface area contributed by atoms with Gasteiger partial charge in [-0.15, -0.1) is 0 Å². The van der Waals surface area contributed by atoms with Crippen LogP contribution in [0.3, 0.4) is 0 Å². The Morgan fingerprint density at radius 1 is 0.800 bits per heavy atom. The van der Waals surface area contributed by atoms with Gasteiger partial charge in [-0.25, -0.2) is 9.97 Å². The first kappa shape index (κ1) is 33.5. The molecular weight excluding hydrogens is 583 g/mol. The van der Waals surface area contributed by atoms with Crippen LogP contribution >= 0.6 is 15.9 Å². The molecule has 0 atom stereocenters. The average molecular weight is 623 g/mol. The Kier molecular flexibility index (Phi) is 11.2. The van der Waals surface area contributed by atoms with Crippen molar-refractivity contribution >= 4 is 40.4 Å². The van der Waals surface area contributed by atoms with Crippen LogP contribution in [0.4, 0.5) is 0 Å². The van der Waals surface area contributed by atoms with E-state index < -0.39 is 29.2 Å². The number of nitrogens with zero attached hydrogens (tertiary/aromatic N) is 2. The number of aromatic nitrogens is 2. The van der Waals surface area contributed by atoms with Gasteiger partial charge in [0.05, 0.1) is 36.3 Å². The van der Waals surface area contributed by atoms with Crippen LogP contribution < -0.4 is 14.9 Å². The van der Waals surface area contributed by atoms with E-state index in [1.165, 1.54) is 14.2 Å². The predicted molar refractivity (Wildman–Crippen MR) is 154 cm³/mol. The number of rotatable bonds is 9. The van der Waals surface area contributed by atoms with E-state index in [-0.39, 0.29) is 25.2 Å². The lowest BCUT2D eigenvalue weighted by Gasteiger charge is -2.32. The van der Waals surface area contributed by atoms with E-state index in [9.17, 15) is 9.59 Å². The zero-order valence-electron chi connectivity index (χ0n) is 25.0. The molecule has 1 aliphatic heterocycles. The Balaban J connectivity index is 0.000000305. The molecule has 2 aromatic heterocycles. The second kappa shape index (κ2) is 13.3. The summed E-state index contributed by atoms with van der Waals surface area (Å²) in [6.07, 6.45) is 3.31. The van der Waals surface area contributed by atoms with Crippen molar-refractivity contribution in [2.24, 2.45) is 10.8 Å². The van der Waals surface area contributed by atoms with Crippen molar-refractivity contribution in [2.75, 3.05) is 27.4 Å². The van der Waals surface area contributed by atoms with Gasteiger partial charge in [0.25, 0.3) is 0 Å². The maximum Gasteiger partial charge on any atom is 0.496 e. The third-order valence-corrected chi connectivity index (χ3v) is 7.09. The third kappa shape index (κ3) is 8.91. The van der Waals surface area contributed by atoms with Gasteiger partial charge < -0.3 is 28.3 Å². The lowest BCUT2D eigenvalue weighted by Crippen LogP contribution is -2.41. The highest BCUT2D eigenvalue weighted by atomic mass is 79.9. The summed E-state index contributed by atoms with van der Waals surface area (Å²) in [5.41, 5.74) is -1.37. The largest absolute Gasteiger partial charge is 0.496 e. The van der Waals surface area contributed by atoms with Gasteiger partial charge in [-0.3, -0.25) is 9.59 Å². The predicted octanol–water partition coefficient (Wildman–Crippen LogP) is 4.38. The number of esters is 2. The van der Waals surface area contributed by atoms with Gasteiger partial charge in [0.1, 0.15) is 13.2 Å². The van der Waals surface area contributed by atoms with Gasteiger partial charge in [0, 0.05) is 28.4 Å². The summed E-state index contributed by atoms with van der Waals surface area (Å²) in [5, 5.41) is 0. The van der Waals surface area contributed by atoms with Crippen LogP contribution in [0.5, 0.6) is 11.8 Å².